The lowest BCUT2D eigenvalue weighted by Gasteiger charge is -2.37. The highest BCUT2D eigenvalue weighted by molar-refractivity contribution is 6.30. The molecule has 0 aliphatic carbocycles. The predicted octanol–water partition coefficient (Wildman–Crippen LogP) is 5.14. The second-order valence-electron chi connectivity index (χ2n) is 7.17. The molecule has 0 fully saturated rings. The third kappa shape index (κ3) is 4.72. The Bertz CT molecular complexity index is 719. The maximum Gasteiger partial charge on any atom is 0.114 e. The summed E-state index contributed by atoms with van der Waals surface area (Å²) in [5.41, 5.74) is 3.04. The van der Waals surface area contributed by atoms with Crippen LogP contribution in [0.5, 0.6) is 0 Å². The van der Waals surface area contributed by atoms with Crippen molar-refractivity contribution in [3.8, 4) is 0 Å². The van der Waals surface area contributed by atoms with E-state index in [1.54, 1.807) is 0 Å². The summed E-state index contributed by atoms with van der Waals surface area (Å²) in [5, 5.41) is 12.5. The van der Waals surface area contributed by atoms with Crippen molar-refractivity contribution in [1.29, 1.82) is 0 Å². The Labute approximate surface area is 156 Å². The minimum absolute atomic E-state index is 0.0359. The summed E-state index contributed by atoms with van der Waals surface area (Å²) in [6.07, 6.45) is 2.04. The van der Waals surface area contributed by atoms with Gasteiger partial charge in [-0.05, 0) is 56.8 Å². The van der Waals surface area contributed by atoms with Gasteiger partial charge in [0.1, 0.15) is 5.60 Å². The molecule has 0 spiro atoms. The normalized spacial score (nSPS) is 15.9. The first-order chi connectivity index (χ1) is 11.7. The average molecular weight is 358 g/mol. The van der Waals surface area contributed by atoms with Gasteiger partial charge in [0.15, 0.2) is 0 Å². The van der Waals surface area contributed by atoms with Crippen LogP contribution in [-0.4, -0.2) is 30.6 Å². The standard InChI is InChI=1S/C22H28ClNO/c1-16-6-10-20(11-7-16)22(25,18(3)15-24(4)5)17(2)14-19-8-12-21(23)13-9-19/h6-14,18,25H,15H2,1-5H3. The molecule has 0 aromatic heterocycles. The van der Waals surface area contributed by atoms with Gasteiger partial charge in [-0.3, -0.25) is 0 Å². The molecule has 0 saturated carbocycles. The second kappa shape index (κ2) is 8.18. The fraction of sp³-hybridized carbons (Fsp3) is 0.364. The maximum absolute atomic E-state index is 11.8. The lowest BCUT2D eigenvalue weighted by Crippen LogP contribution is -2.40. The fourth-order valence-electron chi connectivity index (χ4n) is 3.31. The topological polar surface area (TPSA) is 23.5 Å². The van der Waals surface area contributed by atoms with E-state index in [0.717, 1.165) is 23.2 Å². The van der Waals surface area contributed by atoms with Crippen LogP contribution in [0.15, 0.2) is 54.1 Å². The van der Waals surface area contributed by atoms with Crippen molar-refractivity contribution in [2.24, 2.45) is 5.92 Å². The van der Waals surface area contributed by atoms with Gasteiger partial charge in [0, 0.05) is 17.5 Å². The number of nitrogens with zero attached hydrogens (tertiary/aromatic N) is 1. The molecular weight excluding hydrogens is 330 g/mol. The Morgan fingerprint density at radius 2 is 1.68 bits per heavy atom. The Morgan fingerprint density at radius 1 is 1.12 bits per heavy atom. The van der Waals surface area contributed by atoms with Crippen LogP contribution in [0.25, 0.3) is 6.08 Å². The minimum Gasteiger partial charge on any atom is -0.380 e. The molecule has 0 radical (unpaired) electrons. The molecule has 2 nitrogen and oxygen atoms in total. The zero-order chi connectivity index (χ0) is 18.6. The molecule has 2 atom stereocenters. The maximum atomic E-state index is 11.8. The van der Waals surface area contributed by atoms with Gasteiger partial charge < -0.3 is 10.0 Å². The molecule has 0 aliphatic rings. The van der Waals surface area contributed by atoms with E-state index in [9.17, 15) is 5.11 Å². The van der Waals surface area contributed by atoms with Crippen LogP contribution in [0.1, 0.15) is 30.5 Å². The molecule has 0 saturated heterocycles. The smallest absolute Gasteiger partial charge is 0.114 e. The van der Waals surface area contributed by atoms with E-state index in [0.29, 0.717) is 5.02 Å². The Morgan fingerprint density at radius 3 is 2.20 bits per heavy atom. The number of hydrogen-bond donors (Lipinski definition) is 1. The third-order valence-electron chi connectivity index (χ3n) is 4.70. The minimum atomic E-state index is -1.03. The average Bonchev–Trinajstić information content (AvgIpc) is 2.56. The first kappa shape index (κ1) is 19.7. The summed E-state index contributed by atoms with van der Waals surface area (Å²) in [6.45, 7) is 6.94. The Kier molecular flexibility index (Phi) is 6.45. The van der Waals surface area contributed by atoms with E-state index >= 15 is 0 Å². The van der Waals surface area contributed by atoms with Gasteiger partial charge in [-0.2, -0.15) is 0 Å². The molecule has 0 aliphatic heterocycles. The van der Waals surface area contributed by atoms with Crippen LogP contribution in [0.4, 0.5) is 0 Å². The quantitative estimate of drug-likeness (QED) is 0.774. The molecule has 0 amide bonds. The number of halogens is 1. The van der Waals surface area contributed by atoms with Crippen molar-refractivity contribution in [2.75, 3.05) is 20.6 Å². The fourth-order valence-corrected chi connectivity index (χ4v) is 3.43. The van der Waals surface area contributed by atoms with Crippen LogP contribution in [-0.2, 0) is 5.60 Å². The van der Waals surface area contributed by atoms with Crippen molar-refractivity contribution >= 4 is 17.7 Å². The van der Waals surface area contributed by atoms with Crippen LogP contribution in [0.2, 0.25) is 5.02 Å². The number of hydrogen-bond acceptors (Lipinski definition) is 2. The summed E-state index contributed by atoms with van der Waals surface area (Å²) < 4.78 is 0. The van der Waals surface area contributed by atoms with Gasteiger partial charge >= 0.3 is 0 Å². The van der Waals surface area contributed by atoms with E-state index in [1.165, 1.54) is 5.56 Å². The molecule has 3 heteroatoms. The molecule has 0 heterocycles. The zero-order valence-electron chi connectivity index (χ0n) is 15.8. The van der Waals surface area contributed by atoms with Gasteiger partial charge in [-0.15, -0.1) is 0 Å². The molecule has 2 aromatic carbocycles. The summed E-state index contributed by atoms with van der Waals surface area (Å²) >= 11 is 5.98. The van der Waals surface area contributed by atoms with Gasteiger partial charge in [0.05, 0.1) is 0 Å². The second-order valence-corrected chi connectivity index (χ2v) is 7.61. The van der Waals surface area contributed by atoms with E-state index in [1.807, 2.05) is 63.5 Å². The largest absolute Gasteiger partial charge is 0.380 e. The summed E-state index contributed by atoms with van der Waals surface area (Å²) in [7, 11) is 4.06. The highest BCUT2D eigenvalue weighted by Crippen LogP contribution is 2.38. The van der Waals surface area contributed by atoms with Gasteiger partial charge in [-0.25, -0.2) is 0 Å². The van der Waals surface area contributed by atoms with Gasteiger partial charge in [0.25, 0.3) is 0 Å². The SMILES string of the molecule is CC(=Cc1ccc(Cl)cc1)C(O)(c1ccc(C)cc1)C(C)CN(C)C. The van der Waals surface area contributed by atoms with Crippen molar-refractivity contribution in [2.45, 2.75) is 26.4 Å². The van der Waals surface area contributed by atoms with Crippen molar-refractivity contribution in [3.63, 3.8) is 0 Å². The third-order valence-corrected chi connectivity index (χ3v) is 4.95. The Balaban J connectivity index is 2.49. The number of aryl methyl sites for hydroxylation is 1. The molecule has 2 rings (SSSR count). The summed E-state index contributed by atoms with van der Waals surface area (Å²) in [5.74, 6) is 0.0359. The van der Waals surface area contributed by atoms with Crippen LogP contribution in [0, 0.1) is 12.8 Å². The Hall–Kier alpha value is -1.61. The van der Waals surface area contributed by atoms with Crippen LogP contribution in [0.3, 0.4) is 0 Å². The molecule has 0 bridgehead atoms. The number of aliphatic hydroxyl groups is 1. The summed E-state index contributed by atoms with van der Waals surface area (Å²) in [6, 6.07) is 15.8. The zero-order valence-corrected chi connectivity index (χ0v) is 16.5. The predicted molar refractivity (Wildman–Crippen MR) is 108 cm³/mol. The van der Waals surface area contributed by atoms with Crippen molar-refractivity contribution in [3.05, 3.63) is 75.8 Å². The van der Waals surface area contributed by atoms with Crippen LogP contribution < -0.4 is 0 Å². The summed E-state index contributed by atoms with van der Waals surface area (Å²) in [4.78, 5) is 2.11. The van der Waals surface area contributed by atoms with E-state index in [4.69, 9.17) is 11.6 Å². The van der Waals surface area contributed by atoms with E-state index < -0.39 is 5.60 Å². The molecule has 2 unspecified atom stereocenters. The van der Waals surface area contributed by atoms with E-state index in [-0.39, 0.29) is 5.92 Å². The van der Waals surface area contributed by atoms with Crippen LogP contribution >= 0.6 is 11.6 Å². The molecule has 134 valence electrons. The molecule has 2 aromatic rings. The molecule has 1 N–H and O–H groups in total. The first-order valence-electron chi connectivity index (χ1n) is 8.62. The lowest BCUT2D eigenvalue weighted by atomic mass is 9.76. The molecule has 25 heavy (non-hydrogen) atoms. The first-order valence-corrected chi connectivity index (χ1v) is 9.00. The highest BCUT2D eigenvalue weighted by Gasteiger charge is 2.37. The monoisotopic (exact) mass is 357 g/mol. The van der Waals surface area contributed by atoms with Crippen molar-refractivity contribution in [1.82, 2.24) is 4.90 Å². The number of benzene rings is 2. The molecular formula is C22H28ClNO. The highest BCUT2D eigenvalue weighted by atomic mass is 35.5. The lowest BCUT2D eigenvalue weighted by molar-refractivity contribution is 0.0105. The van der Waals surface area contributed by atoms with E-state index in [2.05, 4.69) is 30.9 Å². The number of rotatable bonds is 6. The van der Waals surface area contributed by atoms with Gasteiger partial charge in [-0.1, -0.05) is 66.6 Å². The van der Waals surface area contributed by atoms with Crippen molar-refractivity contribution < 1.29 is 5.11 Å². The van der Waals surface area contributed by atoms with Gasteiger partial charge in [0.2, 0.25) is 0 Å².